The molecule has 1 aliphatic heterocycles. The Morgan fingerprint density at radius 3 is 2.70 bits per heavy atom. The van der Waals surface area contributed by atoms with E-state index < -0.39 is 30.3 Å². The Morgan fingerprint density at radius 1 is 1.30 bits per heavy atom. The third-order valence-electron chi connectivity index (χ3n) is 5.58. The van der Waals surface area contributed by atoms with Gasteiger partial charge in [0.15, 0.2) is 0 Å². The zero-order valence-electron chi connectivity index (χ0n) is 18.3. The average molecular weight is 477 g/mol. The van der Waals surface area contributed by atoms with Crippen LogP contribution in [-0.4, -0.2) is 66.0 Å². The smallest absolute Gasteiger partial charge is 0.265 e. The van der Waals surface area contributed by atoms with Crippen LogP contribution in [-0.2, 0) is 7.05 Å². The number of aryl methyl sites for hydroxylation is 2. The lowest BCUT2D eigenvalue weighted by molar-refractivity contribution is -0.0897. The van der Waals surface area contributed by atoms with E-state index in [0.717, 1.165) is 5.56 Å². The number of carbonyl (C=O) groups excluding carboxylic acids is 1. The van der Waals surface area contributed by atoms with Crippen molar-refractivity contribution in [3.8, 4) is 11.4 Å². The lowest BCUT2D eigenvalue weighted by atomic mass is 9.87. The van der Waals surface area contributed by atoms with E-state index in [0.29, 0.717) is 16.5 Å². The molecule has 1 saturated heterocycles. The summed E-state index contributed by atoms with van der Waals surface area (Å²) in [4.78, 5) is 24.4. The SMILES string of the molecule is Cc1ccc(-c2nnn(C)n2)c(C(=O)N2CC(F)(F)C[C@@H](C)[C@H]2CNc2ncc(Cl)cn2)c1. The Labute approximate surface area is 194 Å². The molecule has 3 heterocycles. The standard InChI is InChI=1S/C21H23ClF2N8O/c1-12-4-5-15(18-28-30-31(3)29-18)16(6-12)19(33)32-11-21(23,24)7-13(2)17(32)10-27-20-25-8-14(22)9-26-20/h4-6,8-9,13,17H,7,10-11H2,1-3H3,(H,25,26,27)/t13-,17-/m1/s1. The summed E-state index contributed by atoms with van der Waals surface area (Å²) in [5.74, 6) is -3.44. The van der Waals surface area contributed by atoms with E-state index in [1.165, 1.54) is 22.1 Å². The number of alkyl halides is 2. The summed E-state index contributed by atoms with van der Waals surface area (Å²) in [5.41, 5.74) is 1.50. The molecule has 0 radical (unpaired) electrons. The zero-order valence-corrected chi connectivity index (χ0v) is 19.1. The maximum absolute atomic E-state index is 14.6. The lowest BCUT2D eigenvalue weighted by Gasteiger charge is -2.43. The number of likely N-dealkylation sites (tertiary alicyclic amines) is 1. The molecule has 0 aliphatic carbocycles. The fourth-order valence-corrected chi connectivity index (χ4v) is 4.15. The van der Waals surface area contributed by atoms with E-state index in [2.05, 4.69) is 30.7 Å². The number of tetrazole rings is 1. The molecule has 1 amide bonds. The Balaban J connectivity index is 1.67. The normalized spacial score (nSPS) is 20.0. The molecule has 0 bridgehead atoms. The molecule has 3 aromatic rings. The number of nitrogens with one attached hydrogen (secondary N) is 1. The quantitative estimate of drug-likeness (QED) is 0.603. The van der Waals surface area contributed by atoms with Crippen LogP contribution in [0.2, 0.25) is 5.02 Å². The van der Waals surface area contributed by atoms with Crippen LogP contribution in [0, 0.1) is 12.8 Å². The van der Waals surface area contributed by atoms with Crippen LogP contribution in [0.5, 0.6) is 0 Å². The van der Waals surface area contributed by atoms with Gasteiger partial charge < -0.3 is 10.2 Å². The minimum Gasteiger partial charge on any atom is -0.352 e. The summed E-state index contributed by atoms with van der Waals surface area (Å²) < 4.78 is 29.2. The van der Waals surface area contributed by atoms with E-state index in [1.54, 1.807) is 26.1 Å². The maximum Gasteiger partial charge on any atom is 0.265 e. The van der Waals surface area contributed by atoms with E-state index in [4.69, 9.17) is 11.6 Å². The second-order valence-electron chi connectivity index (χ2n) is 8.30. The van der Waals surface area contributed by atoms with Gasteiger partial charge in [0, 0.05) is 18.5 Å². The van der Waals surface area contributed by atoms with Crippen LogP contribution >= 0.6 is 11.6 Å². The lowest BCUT2D eigenvalue weighted by Crippen LogP contribution is -2.57. The molecule has 1 aromatic carbocycles. The van der Waals surface area contributed by atoms with Gasteiger partial charge >= 0.3 is 0 Å². The number of piperidine rings is 1. The predicted molar refractivity (Wildman–Crippen MR) is 118 cm³/mol. The van der Waals surface area contributed by atoms with Crippen molar-refractivity contribution < 1.29 is 13.6 Å². The van der Waals surface area contributed by atoms with Gasteiger partial charge in [0.1, 0.15) is 0 Å². The summed E-state index contributed by atoms with van der Waals surface area (Å²) >= 11 is 5.82. The van der Waals surface area contributed by atoms with Crippen molar-refractivity contribution >= 4 is 23.5 Å². The predicted octanol–water partition coefficient (Wildman–Crippen LogP) is 3.23. The molecular weight excluding hydrogens is 454 g/mol. The number of amides is 1. The van der Waals surface area contributed by atoms with Crippen molar-refractivity contribution in [2.75, 3.05) is 18.4 Å². The highest BCUT2D eigenvalue weighted by atomic mass is 35.5. The first kappa shape index (κ1) is 23.0. The summed E-state index contributed by atoms with van der Waals surface area (Å²) in [7, 11) is 1.61. The molecular formula is C21H23ClF2N8O. The van der Waals surface area contributed by atoms with Crippen LogP contribution in [0.1, 0.15) is 29.3 Å². The van der Waals surface area contributed by atoms with E-state index in [-0.39, 0.29) is 24.4 Å². The van der Waals surface area contributed by atoms with Crippen molar-refractivity contribution in [2.45, 2.75) is 32.2 Å². The number of nitrogens with zero attached hydrogens (tertiary/aromatic N) is 7. The first-order valence-electron chi connectivity index (χ1n) is 10.4. The molecule has 0 unspecified atom stereocenters. The van der Waals surface area contributed by atoms with Crippen molar-refractivity contribution in [1.82, 2.24) is 35.1 Å². The number of aromatic nitrogens is 6. The van der Waals surface area contributed by atoms with Crippen LogP contribution in [0.4, 0.5) is 14.7 Å². The molecule has 0 saturated carbocycles. The van der Waals surface area contributed by atoms with Gasteiger partial charge in [-0.3, -0.25) is 4.79 Å². The maximum atomic E-state index is 14.6. The van der Waals surface area contributed by atoms with Gasteiger partial charge in [-0.2, -0.15) is 4.80 Å². The molecule has 174 valence electrons. The second kappa shape index (κ2) is 8.97. The van der Waals surface area contributed by atoms with Crippen molar-refractivity contribution in [3.05, 3.63) is 46.7 Å². The topological polar surface area (TPSA) is 102 Å². The van der Waals surface area contributed by atoms with Gasteiger partial charge in [-0.15, -0.1) is 10.2 Å². The van der Waals surface area contributed by atoms with Gasteiger partial charge in [0.05, 0.1) is 42.6 Å². The zero-order chi connectivity index (χ0) is 23.8. The number of carbonyl (C=O) groups is 1. The minimum atomic E-state index is -3.00. The highest BCUT2D eigenvalue weighted by Gasteiger charge is 2.46. The molecule has 1 fully saturated rings. The summed E-state index contributed by atoms with van der Waals surface area (Å²) in [6.45, 7) is 3.05. The molecule has 9 nitrogen and oxygen atoms in total. The Hall–Kier alpha value is -3.21. The first-order chi connectivity index (χ1) is 15.6. The van der Waals surface area contributed by atoms with Gasteiger partial charge in [0.25, 0.3) is 11.8 Å². The van der Waals surface area contributed by atoms with Crippen molar-refractivity contribution in [3.63, 3.8) is 0 Å². The number of hydrogen-bond acceptors (Lipinski definition) is 7. The van der Waals surface area contributed by atoms with Crippen molar-refractivity contribution in [2.24, 2.45) is 13.0 Å². The second-order valence-corrected chi connectivity index (χ2v) is 8.73. The number of benzene rings is 1. The molecule has 12 heteroatoms. The summed E-state index contributed by atoms with van der Waals surface area (Å²) in [6.07, 6.45) is 2.55. The van der Waals surface area contributed by atoms with Crippen LogP contribution < -0.4 is 5.32 Å². The average Bonchev–Trinajstić information content (AvgIpc) is 3.19. The summed E-state index contributed by atoms with van der Waals surface area (Å²) in [5, 5.41) is 15.4. The van der Waals surface area contributed by atoms with Gasteiger partial charge in [-0.25, -0.2) is 18.7 Å². The molecule has 4 rings (SSSR count). The largest absolute Gasteiger partial charge is 0.352 e. The minimum absolute atomic E-state index is 0.204. The Morgan fingerprint density at radius 2 is 2.03 bits per heavy atom. The monoisotopic (exact) mass is 476 g/mol. The molecule has 0 spiro atoms. The number of hydrogen-bond donors (Lipinski definition) is 1. The molecule has 1 N–H and O–H groups in total. The van der Waals surface area contributed by atoms with E-state index >= 15 is 0 Å². The number of anilines is 1. The molecule has 2 atom stereocenters. The number of halogens is 3. The molecule has 33 heavy (non-hydrogen) atoms. The van der Waals surface area contributed by atoms with Gasteiger partial charge in [0.2, 0.25) is 11.8 Å². The van der Waals surface area contributed by atoms with Crippen LogP contribution in [0.25, 0.3) is 11.4 Å². The fourth-order valence-electron chi connectivity index (χ4n) is 4.06. The highest BCUT2D eigenvalue weighted by Crippen LogP contribution is 2.36. The third kappa shape index (κ3) is 5.08. The number of rotatable bonds is 5. The third-order valence-corrected chi connectivity index (χ3v) is 5.78. The van der Waals surface area contributed by atoms with Gasteiger partial charge in [-0.1, -0.05) is 30.2 Å². The van der Waals surface area contributed by atoms with E-state index in [9.17, 15) is 13.6 Å². The Kier molecular flexibility index (Phi) is 6.24. The van der Waals surface area contributed by atoms with Crippen LogP contribution in [0.3, 0.4) is 0 Å². The first-order valence-corrected chi connectivity index (χ1v) is 10.8. The van der Waals surface area contributed by atoms with Crippen LogP contribution in [0.15, 0.2) is 30.6 Å². The highest BCUT2D eigenvalue weighted by molar-refractivity contribution is 6.30. The molecule has 1 aliphatic rings. The Bertz CT molecular complexity index is 1150. The molecule has 2 aromatic heterocycles. The van der Waals surface area contributed by atoms with Gasteiger partial charge in [-0.05, 0) is 30.2 Å². The van der Waals surface area contributed by atoms with Crippen molar-refractivity contribution in [1.29, 1.82) is 0 Å². The summed E-state index contributed by atoms with van der Waals surface area (Å²) in [6, 6.07) is 4.67. The fraction of sp³-hybridized carbons (Fsp3) is 0.429. The van der Waals surface area contributed by atoms with E-state index in [1.807, 2.05) is 13.0 Å².